The third-order valence-electron chi connectivity index (χ3n) is 3.11. The molecule has 0 aliphatic heterocycles. The average Bonchev–Trinajstić information content (AvgIpc) is 3.31. The van der Waals surface area contributed by atoms with Crippen molar-refractivity contribution in [3.05, 3.63) is 46.7 Å². The lowest BCUT2D eigenvalue weighted by Gasteiger charge is -2.07. The van der Waals surface area contributed by atoms with Crippen molar-refractivity contribution in [1.29, 1.82) is 0 Å². The quantitative estimate of drug-likeness (QED) is 0.382. The second-order valence-electron chi connectivity index (χ2n) is 4.78. The summed E-state index contributed by atoms with van der Waals surface area (Å²) < 4.78 is 0. The summed E-state index contributed by atoms with van der Waals surface area (Å²) in [7, 11) is 0. The smallest absolute Gasteiger partial charge is 0.144 e. The van der Waals surface area contributed by atoms with Gasteiger partial charge in [-0.2, -0.15) is 0 Å². The lowest BCUT2D eigenvalue weighted by atomic mass is 10.2. The molecule has 3 N–H and O–H groups in total. The topological polar surface area (TPSA) is 63.8 Å². The van der Waals surface area contributed by atoms with Crippen LogP contribution in [0.2, 0.25) is 5.02 Å². The Balaban J connectivity index is 1.72. The van der Waals surface area contributed by atoms with Crippen LogP contribution in [0, 0.1) is 0 Å². The van der Waals surface area contributed by atoms with Crippen molar-refractivity contribution in [1.82, 2.24) is 9.97 Å². The number of aromatic nitrogens is 2. The Hall–Kier alpha value is -1.30. The van der Waals surface area contributed by atoms with Gasteiger partial charge >= 0.3 is 0 Å². The number of hydrogen-bond acceptors (Lipinski definition) is 5. The summed E-state index contributed by atoms with van der Waals surface area (Å²) in [6.45, 7) is 0. The molecule has 0 spiro atoms. The number of rotatable bonds is 5. The van der Waals surface area contributed by atoms with Crippen molar-refractivity contribution in [2.24, 2.45) is 5.84 Å². The fraction of sp³-hybridized carbons (Fsp3) is 0.286. The van der Waals surface area contributed by atoms with E-state index < -0.39 is 0 Å². The van der Waals surface area contributed by atoms with Crippen LogP contribution in [0.1, 0.15) is 30.1 Å². The van der Waals surface area contributed by atoms with Gasteiger partial charge in [0.25, 0.3) is 0 Å². The molecule has 2 aromatic rings. The van der Waals surface area contributed by atoms with E-state index in [2.05, 4.69) is 15.4 Å². The molecule has 4 nitrogen and oxygen atoms in total. The van der Waals surface area contributed by atoms with Crippen LogP contribution >= 0.6 is 23.4 Å². The van der Waals surface area contributed by atoms with E-state index >= 15 is 0 Å². The Morgan fingerprint density at radius 3 is 2.65 bits per heavy atom. The van der Waals surface area contributed by atoms with Gasteiger partial charge in [-0.15, -0.1) is 11.8 Å². The largest absolute Gasteiger partial charge is 0.308 e. The zero-order valence-electron chi connectivity index (χ0n) is 10.8. The first-order chi connectivity index (χ1) is 9.74. The normalized spacial score (nSPS) is 14.3. The van der Waals surface area contributed by atoms with E-state index in [9.17, 15) is 0 Å². The zero-order chi connectivity index (χ0) is 13.9. The van der Waals surface area contributed by atoms with Crippen LogP contribution < -0.4 is 11.3 Å². The number of benzene rings is 1. The molecule has 0 unspecified atom stereocenters. The Kier molecular flexibility index (Phi) is 4.10. The summed E-state index contributed by atoms with van der Waals surface area (Å²) in [4.78, 5) is 9.01. The first-order valence-electron chi connectivity index (χ1n) is 6.47. The number of thioether (sulfide) groups is 1. The SMILES string of the molecule is NNc1cc(SCc2ccc(Cl)cc2)nc(C2CC2)n1. The van der Waals surface area contributed by atoms with Crippen LogP contribution in [0.15, 0.2) is 35.4 Å². The van der Waals surface area contributed by atoms with Gasteiger partial charge in [0, 0.05) is 22.8 Å². The second-order valence-corrected chi connectivity index (χ2v) is 6.22. The molecule has 6 heteroatoms. The first-order valence-corrected chi connectivity index (χ1v) is 7.84. The van der Waals surface area contributed by atoms with Gasteiger partial charge in [0.2, 0.25) is 0 Å². The van der Waals surface area contributed by atoms with E-state index in [-0.39, 0.29) is 0 Å². The number of nitrogens with two attached hydrogens (primary N) is 1. The minimum Gasteiger partial charge on any atom is -0.308 e. The van der Waals surface area contributed by atoms with Gasteiger partial charge in [-0.3, -0.25) is 0 Å². The summed E-state index contributed by atoms with van der Waals surface area (Å²) in [6, 6.07) is 9.74. The molecule has 1 aromatic heterocycles. The highest BCUT2D eigenvalue weighted by molar-refractivity contribution is 7.98. The molecule has 20 heavy (non-hydrogen) atoms. The molecule has 1 fully saturated rings. The molecule has 0 saturated heterocycles. The standard InChI is InChI=1S/C14H15ClN4S/c15-11-5-1-9(2-6-11)8-20-13-7-12(19-16)17-14(18-13)10-3-4-10/h1-2,5-7,10H,3-4,8,16H2,(H,17,18,19). The Bertz CT molecular complexity index is 599. The number of nitrogens with one attached hydrogen (secondary N) is 1. The van der Waals surface area contributed by atoms with Crippen LogP contribution in [-0.2, 0) is 5.75 Å². The number of nitrogens with zero attached hydrogens (tertiary/aromatic N) is 2. The number of hydrogen-bond donors (Lipinski definition) is 2. The van der Waals surface area contributed by atoms with Crippen molar-refractivity contribution in [2.45, 2.75) is 29.5 Å². The van der Waals surface area contributed by atoms with E-state index in [0.717, 1.165) is 21.6 Å². The van der Waals surface area contributed by atoms with E-state index in [1.165, 1.54) is 18.4 Å². The minimum atomic E-state index is 0.512. The van der Waals surface area contributed by atoms with E-state index in [4.69, 9.17) is 17.4 Å². The predicted molar refractivity (Wildman–Crippen MR) is 82.8 cm³/mol. The fourth-order valence-electron chi connectivity index (χ4n) is 1.85. The number of anilines is 1. The fourth-order valence-corrected chi connectivity index (χ4v) is 2.84. The monoisotopic (exact) mass is 306 g/mol. The summed E-state index contributed by atoms with van der Waals surface area (Å²) in [6.07, 6.45) is 2.35. The van der Waals surface area contributed by atoms with Crippen LogP contribution in [-0.4, -0.2) is 9.97 Å². The van der Waals surface area contributed by atoms with Gasteiger partial charge in [-0.05, 0) is 30.5 Å². The predicted octanol–water partition coefficient (Wildman–Crippen LogP) is 3.59. The van der Waals surface area contributed by atoms with Crippen molar-refractivity contribution in [2.75, 3.05) is 5.43 Å². The van der Waals surface area contributed by atoms with Gasteiger partial charge in [0.1, 0.15) is 16.7 Å². The summed E-state index contributed by atoms with van der Waals surface area (Å²) >= 11 is 7.56. The van der Waals surface area contributed by atoms with E-state index in [1.54, 1.807) is 11.8 Å². The summed E-state index contributed by atoms with van der Waals surface area (Å²) in [5, 5.41) is 1.70. The molecule has 104 valence electrons. The van der Waals surface area contributed by atoms with Crippen LogP contribution in [0.5, 0.6) is 0 Å². The van der Waals surface area contributed by atoms with Gasteiger partial charge in [-0.25, -0.2) is 15.8 Å². The molecule has 0 amide bonds. The van der Waals surface area contributed by atoms with Crippen LogP contribution in [0.4, 0.5) is 5.82 Å². The van der Waals surface area contributed by atoms with E-state index in [1.807, 2.05) is 30.3 Å². The molecule has 1 aliphatic carbocycles. The molecule has 1 aromatic carbocycles. The molecule has 0 radical (unpaired) electrons. The number of hydrazine groups is 1. The van der Waals surface area contributed by atoms with Gasteiger partial charge in [-0.1, -0.05) is 23.7 Å². The van der Waals surface area contributed by atoms with Crippen LogP contribution in [0.3, 0.4) is 0 Å². The lowest BCUT2D eigenvalue weighted by Crippen LogP contribution is -2.10. The van der Waals surface area contributed by atoms with Crippen LogP contribution in [0.25, 0.3) is 0 Å². The summed E-state index contributed by atoms with van der Waals surface area (Å²) in [5.74, 6) is 8.41. The molecular weight excluding hydrogens is 292 g/mol. The molecule has 1 aliphatic rings. The third kappa shape index (κ3) is 3.42. The van der Waals surface area contributed by atoms with Gasteiger partial charge < -0.3 is 5.43 Å². The highest BCUT2D eigenvalue weighted by atomic mass is 35.5. The Labute approximate surface area is 127 Å². The minimum absolute atomic E-state index is 0.512. The highest BCUT2D eigenvalue weighted by Crippen LogP contribution is 2.39. The highest BCUT2D eigenvalue weighted by Gasteiger charge is 2.27. The number of nitrogen functional groups attached to an aromatic ring is 1. The molecule has 3 rings (SSSR count). The van der Waals surface area contributed by atoms with Crippen molar-refractivity contribution < 1.29 is 0 Å². The van der Waals surface area contributed by atoms with Crippen molar-refractivity contribution >= 4 is 29.2 Å². The molecule has 1 saturated carbocycles. The number of halogens is 1. The third-order valence-corrected chi connectivity index (χ3v) is 4.34. The Morgan fingerprint density at radius 2 is 2.00 bits per heavy atom. The zero-order valence-corrected chi connectivity index (χ0v) is 12.4. The lowest BCUT2D eigenvalue weighted by molar-refractivity contribution is 0.878. The second kappa shape index (κ2) is 5.99. The maximum Gasteiger partial charge on any atom is 0.144 e. The summed E-state index contributed by atoms with van der Waals surface area (Å²) in [5.41, 5.74) is 3.83. The van der Waals surface area contributed by atoms with Gasteiger partial charge in [0.05, 0.1) is 0 Å². The molecule has 0 bridgehead atoms. The maximum absolute atomic E-state index is 5.88. The average molecular weight is 307 g/mol. The molecule has 1 heterocycles. The first kappa shape index (κ1) is 13.7. The van der Waals surface area contributed by atoms with E-state index in [0.29, 0.717) is 11.7 Å². The molecule has 0 atom stereocenters. The van der Waals surface area contributed by atoms with Crippen molar-refractivity contribution in [3.63, 3.8) is 0 Å². The molecular formula is C14H15ClN4S. The Morgan fingerprint density at radius 1 is 1.25 bits per heavy atom. The maximum atomic E-state index is 5.88. The van der Waals surface area contributed by atoms with Crippen molar-refractivity contribution in [3.8, 4) is 0 Å². The van der Waals surface area contributed by atoms with Gasteiger partial charge in [0.15, 0.2) is 0 Å².